The Kier molecular flexibility index (Phi) is 9.82. The highest BCUT2D eigenvalue weighted by Crippen LogP contribution is 2.31. The molecule has 2 aliphatic heterocycles. The zero-order valence-corrected chi connectivity index (χ0v) is 19.0. The largest absolute Gasteiger partial charge is 0.510 e. The van der Waals surface area contributed by atoms with Crippen molar-refractivity contribution in [3.63, 3.8) is 0 Å². The molecule has 0 aromatic heterocycles. The molecule has 2 heterocycles. The van der Waals surface area contributed by atoms with Crippen LogP contribution < -0.4 is 22.5 Å². The summed E-state index contributed by atoms with van der Waals surface area (Å²) in [6.45, 7) is -0.552. The van der Waals surface area contributed by atoms with Gasteiger partial charge in [-0.2, -0.15) is 0 Å². The van der Waals surface area contributed by atoms with Gasteiger partial charge in [0.1, 0.15) is 54.6 Å². The van der Waals surface area contributed by atoms with Crippen LogP contribution in [0.3, 0.4) is 0 Å². The Hall–Kier alpha value is -1.42. The first-order chi connectivity index (χ1) is 16.6. The minimum absolute atomic E-state index is 0.100. The Labute approximate surface area is 202 Å². The molecule has 0 radical (unpaired) electrons. The predicted molar refractivity (Wildman–Crippen MR) is 119 cm³/mol. The predicted octanol–water partition coefficient (Wildman–Crippen LogP) is -5.31. The summed E-state index contributed by atoms with van der Waals surface area (Å²) < 4.78 is 22.8. The van der Waals surface area contributed by atoms with Crippen molar-refractivity contribution in [1.82, 2.24) is 5.32 Å². The van der Waals surface area contributed by atoms with Gasteiger partial charge in [0.25, 0.3) is 0 Å². The average Bonchev–Trinajstić information content (AvgIpc) is 2.84. The second kappa shape index (κ2) is 12.2. The van der Waals surface area contributed by atoms with Crippen molar-refractivity contribution >= 4 is 0 Å². The molecule has 14 heteroatoms. The number of rotatable bonds is 8. The van der Waals surface area contributed by atoms with Crippen molar-refractivity contribution in [1.29, 1.82) is 0 Å². The van der Waals surface area contributed by atoms with Crippen molar-refractivity contribution < 1.29 is 49.6 Å². The van der Waals surface area contributed by atoms with Gasteiger partial charge in [-0.25, -0.2) is 0 Å². The zero-order valence-electron chi connectivity index (χ0n) is 19.0. The molecule has 1 aliphatic carbocycles. The molecular formula is C21H36N4O10. The fourth-order valence-corrected chi connectivity index (χ4v) is 4.49. The van der Waals surface area contributed by atoms with Gasteiger partial charge >= 0.3 is 0 Å². The van der Waals surface area contributed by atoms with E-state index in [-0.39, 0.29) is 19.5 Å². The summed E-state index contributed by atoms with van der Waals surface area (Å²) in [6, 6.07) is -2.52. The average molecular weight is 505 g/mol. The van der Waals surface area contributed by atoms with E-state index in [1.165, 1.54) is 0 Å². The fraction of sp³-hybridized carbons (Fsp3) is 0.810. The molecule has 0 spiro atoms. The molecule has 200 valence electrons. The van der Waals surface area contributed by atoms with Crippen molar-refractivity contribution in [2.75, 3.05) is 19.7 Å². The lowest BCUT2D eigenvalue weighted by Crippen LogP contribution is -2.68. The lowest BCUT2D eigenvalue weighted by atomic mass is 9.83. The first-order valence-electron chi connectivity index (χ1n) is 11.4. The highest BCUT2D eigenvalue weighted by atomic mass is 16.7. The summed E-state index contributed by atoms with van der Waals surface area (Å²) in [5.74, 6) is 2.04. The van der Waals surface area contributed by atoms with Crippen LogP contribution >= 0.6 is 0 Å². The number of nitrogens with one attached hydrogen (secondary N) is 1. The van der Waals surface area contributed by atoms with Crippen LogP contribution in [0, 0.1) is 12.3 Å². The van der Waals surface area contributed by atoms with Crippen molar-refractivity contribution in [3.8, 4) is 12.3 Å². The van der Waals surface area contributed by atoms with Gasteiger partial charge in [-0.15, -0.1) is 6.42 Å². The smallest absolute Gasteiger partial charge is 0.186 e. The number of ether oxygens (including phenoxy) is 4. The molecule has 1 saturated carbocycles. The van der Waals surface area contributed by atoms with Crippen LogP contribution in [0.5, 0.6) is 0 Å². The maximum Gasteiger partial charge on any atom is 0.186 e. The summed E-state index contributed by atoms with van der Waals surface area (Å²) in [7, 11) is 0. The van der Waals surface area contributed by atoms with E-state index in [4.69, 9.17) is 42.6 Å². The molecule has 0 bridgehead atoms. The highest BCUT2D eigenvalue weighted by molar-refractivity contribution is 5.08. The van der Waals surface area contributed by atoms with Crippen molar-refractivity contribution in [3.05, 3.63) is 11.8 Å². The number of hydrogen-bond acceptors (Lipinski definition) is 14. The number of hydrogen-bond donors (Lipinski definition) is 10. The molecule has 13 N–H and O–H groups in total. The molecular weight excluding hydrogens is 468 g/mol. The normalized spacial score (nSPS) is 46.6. The van der Waals surface area contributed by atoms with E-state index in [9.17, 15) is 30.6 Å². The zero-order chi connectivity index (χ0) is 25.9. The van der Waals surface area contributed by atoms with Gasteiger partial charge < -0.3 is 72.1 Å². The lowest BCUT2D eigenvalue weighted by molar-refractivity contribution is -0.311. The number of aliphatic hydroxyl groups excluding tert-OH is 6. The minimum atomic E-state index is -1.48. The van der Waals surface area contributed by atoms with Crippen LogP contribution in [-0.4, -0.2) is 130 Å². The van der Waals surface area contributed by atoms with Gasteiger partial charge in [0, 0.05) is 24.7 Å². The molecule has 2 fully saturated rings. The van der Waals surface area contributed by atoms with Gasteiger partial charge in [-0.3, -0.25) is 0 Å². The van der Waals surface area contributed by atoms with E-state index >= 15 is 0 Å². The fourth-order valence-electron chi connectivity index (χ4n) is 4.49. The van der Waals surface area contributed by atoms with E-state index in [0.29, 0.717) is 0 Å². The molecule has 0 amide bonds. The molecule has 14 nitrogen and oxygen atoms in total. The maximum atomic E-state index is 11.2. The third-order valence-corrected chi connectivity index (χ3v) is 6.51. The summed E-state index contributed by atoms with van der Waals surface area (Å²) in [5, 5.41) is 64.2. The summed E-state index contributed by atoms with van der Waals surface area (Å²) >= 11 is 0. The van der Waals surface area contributed by atoms with Gasteiger partial charge in [-0.05, 0) is 6.42 Å². The third kappa shape index (κ3) is 6.12. The number of terminal acetylenes is 1. The van der Waals surface area contributed by atoms with Crippen LogP contribution in [-0.2, 0) is 18.9 Å². The van der Waals surface area contributed by atoms with Gasteiger partial charge in [0.05, 0.1) is 19.2 Å². The van der Waals surface area contributed by atoms with Crippen LogP contribution in [0.15, 0.2) is 11.8 Å². The third-order valence-electron chi connectivity index (χ3n) is 6.51. The Morgan fingerprint density at radius 1 is 1.06 bits per heavy atom. The maximum absolute atomic E-state index is 11.2. The second-order valence-corrected chi connectivity index (χ2v) is 8.88. The van der Waals surface area contributed by atoms with Crippen LogP contribution in [0.4, 0.5) is 0 Å². The molecule has 0 aromatic rings. The summed E-state index contributed by atoms with van der Waals surface area (Å²) in [6.07, 6.45) is -5.65. The highest BCUT2D eigenvalue weighted by Gasteiger charge is 2.50. The molecule has 6 unspecified atom stereocenters. The quantitative estimate of drug-likeness (QED) is 0.139. The van der Waals surface area contributed by atoms with Crippen LogP contribution in [0.25, 0.3) is 0 Å². The summed E-state index contributed by atoms with van der Waals surface area (Å²) in [5.41, 5.74) is 17.7. The van der Waals surface area contributed by atoms with Crippen LogP contribution in [0.1, 0.15) is 6.42 Å². The minimum Gasteiger partial charge on any atom is -0.510 e. The van der Waals surface area contributed by atoms with Gasteiger partial charge in [0.2, 0.25) is 0 Å². The van der Waals surface area contributed by atoms with Crippen molar-refractivity contribution in [2.24, 2.45) is 17.2 Å². The molecule has 3 rings (SSSR count). The molecule has 1 saturated heterocycles. The first kappa shape index (κ1) is 28.2. The van der Waals surface area contributed by atoms with Gasteiger partial charge in [-0.1, -0.05) is 5.92 Å². The number of aliphatic hydroxyl groups is 6. The monoisotopic (exact) mass is 504 g/mol. The van der Waals surface area contributed by atoms with Crippen LogP contribution in [0.2, 0.25) is 0 Å². The molecule has 35 heavy (non-hydrogen) atoms. The van der Waals surface area contributed by atoms with Crippen molar-refractivity contribution in [2.45, 2.75) is 86.0 Å². The second-order valence-electron chi connectivity index (χ2n) is 8.88. The topological polar surface area (TPSA) is 248 Å². The van der Waals surface area contributed by atoms with E-state index in [2.05, 4.69) is 11.2 Å². The molecule has 0 aromatic carbocycles. The van der Waals surface area contributed by atoms with Gasteiger partial charge in [0.15, 0.2) is 12.6 Å². The SMILES string of the molecule is C#CCN[C@@H]1CC(N)[C@@H](O[C@@H]2C=C(O)[C@H](O)C(CN)O2)C(O)C1OC1O[C@H](CO)[C@@H](O)C(N)[C@H]1O. The lowest BCUT2D eigenvalue weighted by Gasteiger charge is -2.47. The van der Waals surface area contributed by atoms with E-state index < -0.39 is 91.9 Å². The molecule has 13 atom stereocenters. The Morgan fingerprint density at radius 3 is 2.40 bits per heavy atom. The Balaban J connectivity index is 1.79. The Bertz CT molecular complexity index is 767. The van der Waals surface area contributed by atoms with E-state index in [1.807, 2.05) is 0 Å². The summed E-state index contributed by atoms with van der Waals surface area (Å²) in [4.78, 5) is 0. The molecule has 3 aliphatic rings. The Morgan fingerprint density at radius 2 is 1.77 bits per heavy atom. The first-order valence-corrected chi connectivity index (χ1v) is 11.4. The number of nitrogens with two attached hydrogens (primary N) is 3. The standard InChI is InChI=1S/C21H36N4O10/c1-2-3-25-9-4-8(23)19(34-13-5-10(27)15(28)11(6-22)32-13)18(31)20(9)35-21-17(30)14(24)16(29)12(7-26)33-21/h1,5,8-9,11-21,25-31H,3-4,6-7,22-24H2/t8?,9-,11?,12-,13-,14?,15+,16-,17-,18?,19-,20?,21?/m1/s1. The van der Waals surface area contributed by atoms with E-state index in [0.717, 1.165) is 6.08 Å². The van der Waals surface area contributed by atoms with E-state index in [1.54, 1.807) is 0 Å².